The minimum absolute atomic E-state index is 0.0287. The minimum atomic E-state index is -2.92. The van der Waals surface area contributed by atoms with Crippen LogP contribution in [0.4, 0.5) is 0 Å². The molecule has 1 unspecified atom stereocenters. The molecule has 4 heteroatoms. The second-order valence-corrected chi connectivity index (χ2v) is 7.01. The van der Waals surface area contributed by atoms with Crippen LogP contribution in [0.3, 0.4) is 0 Å². The molecule has 1 saturated carbocycles. The molecule has 94 valence electrons. The molecule has 3 nitrogen and oxygen atoms in total. The number of sulfone groups is 1. The van der Waals surface area contributed by atoms with Gasteiger partial charge in [-0.15, -0.1) is 0 Å². The van der Waals surface area contributed by atoms with E-state index >= 15 is 0 Å². The number of hydrogen-bond donors (Lipinski definition) is 0. The van der Waals surface area contributed by atoms with Gasteiger partial charge in [0, 0.05) is 12.3 Å². The van der Waals surface area contributed by atoms with Crippen LogP contribution in [0.5, 0.6) is 0 Å². The van der Waals surface area contributed by atoms with Crippen molar-refractivity contribution in [2.75, 3.05) is 11.5 Å². The van der Waals surface area contributed by atoms with Crippen LogP contribution < -0.4 is 0 Å². The van der Waals surface area contributed by atoms with Crippen molar-refractivity contribution in [1.29, 1.82) is 0 Å². The molecule has 0 N–H and O–H groups in total. The Kier molecular flexibility index (Phi) is 5.46. The first-order valence-corrected chi connectivity index (χ1v) is 8.10. The summed E-state index contributed by atoms with van der Waals surface area (Å²) >= 11 is 0. The van der Waals surface area contributed by atoms with E-state index in [0.29, 0.717) is 18.6 Å². The molecule has 1 aliphatic rings. The summed E-state index contributed by atoms with van der Waals surface area (Å²) in [6.45, 7) is 2.06. The van der Waals surface area contributed by atoms with Crippen molar-refractivity contribution in [3.8, 4) is 0 Å². The Labute approximate surface area is 98.5 Å². The Morgan fingerprint density at radius 3 is 2.56 bits per heavy atom. The highest BCUT2D eigenvalue weighted by Crippen LogP contribution is 2.24. The smallest absolute Gasteiger partial charge is 0.150 e. The van der Waals surface area contributed by atoms with Gasteiger partial charge in [0.1, 0.15) is 15.6 Å². The molecule has 0 amide bonds. The van der Waals surface area contributed by atoms with E-state index in [1.807, 2.05) is 0 Å². The van der Waals surface area contributed by atoms with Gasteiger partial charge in [0.05, 0.1) is 11.5 Å². The molecule has 1 atom stereocenters. The van der Waals surface area contributed by atoms with E-state index in [1.54, 1.807) is 0 Å². The molecular weight excluding hydrogens is 224 g/mol. The molecule has 0 heterocycles. The monoisotopic (exact) mass is 246 g/mol. The van der Waals surface area contributed by atoms with E-state index in [0.717, 1.165) is 32.1 Å². The normalized spacial score (nSPS) is 21.6. The molecular formula is C12H22O3S. The van der Waals surface area contributed by atoms with Crippen LogP contribution in [-0.2, 0) is 14.6 Å². The lowest BCUT2D eigenvalue weighted by atomic mass is 10.1. The molecule has 0 aromatic heterocycles. The van der Waals surface area contributed by atoms with Gasteiger partial charge in [-0.25, -0.2) is 8.42 Å². The van der Waals surface area contributed by atoms with Crippen molar-refractivity contribution >= 4 is 15.6 Å². The third kappa shape index (κ3) is 4.64. The fraction of sp³-hybridized carbons (Fsp3) is 0.917. The van der Waals surface area contributed by atoms with Gasteiger partial charge in [0.25, 0.3) is 0 Å². The zero-order valence-corrected chi connectivity index (χ0v) is 10.9. The first-order valence-electron chi connectivity index (χ1n) is 6.28. The van der Waals surface area contributed by atoms with Crippen molar-refractivity contribution in [2.45, 2.75) is 51.9 Å². The van der Waals surface area contributed by atoms with Gasteiger partial charge in [-0.05, 0) is 25.7 Å². The summed E-state index contributed by atoms with van der Waals surface area (Å²) in [5, 5.41) is 0. The maximum atomic E-state index is 11.7. The van der Waals surface area contributed by atoms with Gasteiger partial charge in [0.2, 0.25) is 0 Å². The summed E-state index contributed by atoms with van der Waals surface area (Å²) in [6.07, 6.45) is 5.81. The van der Waals surface area contributed by atoms with Crippen LogP contribution in [0.15, 0.2) is 0 Å². The number of unbranched alkanes of at least 4 members (excludes halogenated alkanes) is 2. The zero-order valence-electron chi connectivity index (χ0n) is 10.1. The van der Waals surface area contributed by atoms with Crippen LogP contribution in [0.25, 0.3) is 0 Å². The predicted molar refractivity (Wildman–Crippen MR) is 65.1 cm³/mol. The number of hydrogen-bond acceptors (Lipinski definition) is 3. The Morgan fingerprint density at radius 1 is 1.25 bits per heavy atom. The van der Waals surface area contributed by atoms with Crippen LogP contribution >= 0.6 is 0 Å². The topological polar surface area (TPSA) is 51.2 Å². The van der Waals surface area contributed by atoms with Crippen molar-refractivity contribution in [1.82, 2.24) is 0 Å². The zero-order chi connectivity index (χ0) is 12.0. The molecule has 0 aromatic carbocycles. The molecule has 0 aliphatic heterocycles. The number of Topliss-reactive ketones (excluding diaryl/α,β-unsaturated/α-hetero) is 1. The highest BCUT2D eigenvalue weighted by atomic mass is 32.2. The second kappa shape index (κ2) is 6.38. The highest BCUT2D eigenvalue weighted by Gasteiger charge is 2.25. The van der Waals surface area contributed by atoms with E-state index in [9.17, 15) is 13.2 Å². The molecule has 0 spiro atoms. The maximum Gasteiger partial charge on any atom is 0.150 e. The summed E-state index contributed by atoms with van der Waals surface area (Å²) in [7, 11) is -2.92. The summed E-state index contributed by atoms with van der Waals surface area (Å²) in [6, 6.07) is 0. The van der Waals surface area contributed by atoms with Gasteiger partial charge < -0.3 is 0 Å². The van der Waals surface area contributed by atoms with Crippen molar-refractivity contribution in [3.05, 3.63) is 0 Å². The summed E-state index contributed by atoms with van der Waals surface area (Å²) in [5.41, 5.74) is 0. The molecule has 1 rings (SSSR count). The largest absolute Gasteiger partial charge is 0.299 e. The molecule has 1 aliphatic carbocycles. The number of rotatable bonds is 7. The maximum absolute atomic E-state index is 11.7. The Morgan fingerprint density at radius 2 is 2.00 bits per heavy atom. The van der Waals surface area contributed by atoms with Gasteiger partial charge >= 0.3 is 0 Å². The van der Waals surface area contributed by atoms with Gasteiger partial charge in [-0.1, -0.05) is 19.8 Å². The Balaban J connectivity index is 2.27. The van der Waals surface area contributed by atoms with Crippen LogP contribution in [0.1, 0.15) is 51.9 Å². The van der Waals surface area contributed by atoms with Gasteiger partial charge in [0.15, 0.2) is 0 Å². The molecule has 0 saturated heterocycles. The Bertz CT molecular complexity index is 319. The lowest BCUT2D eigenvalue weighted by molar-refractivity contribution is -0.120. The van der Waals surface area contributed by atoms with E-state index in [2.05, 4.69) is 6.92 Å². The third-order valence-corrected chi connectivity index (χ3v) is 5.04. The van der Waals surface area contributed by atoms with Crippen LogP contribution in [-0.4, -0.2) is 25.7 Å². The lowest BCUT2D eigenvalue weighted by Gasteiger charge is -2.08. The van der Waals surface area contributed by atoms with Crippen LogP contribution in [0.2, 0.25) is 0 Å². The Hall–Kier alpha value is -0.380. The molecule has 1 fully saturated rings. The summed E-state index contributed by atoms with van der Waals surface area (Å²) < 4.78 is 23.3. The average molecular weight is 246 g/mol. The summed E-state index contributed by atoms with van der Waals surface area (Å²) in [4.78, 5) is 11.4. The van der Waals surface area contributed by atoms with E-state index in [4.69, 9.17) is 0 Å². The number of ketones is 1. The first kappa shape index (κ1) is 13.7. The first-order chi connectivity index (χ1) is 7.55. The number of carbonyl (C=O) groups is 1. The van der Waals surface area contributed by atoms with E-state index < -0.39 is 9.84 Å². The fourth-order valence-electron chi connectivity index (χ4n) is 2.19. The van der Waals surface area contributed by atoms with E-state index in [-0.39, 0.29) is 17.5 Å². The predicted octanol–water partition coefficient (Wildman–Crippen LogP) is 2.35. The van der Waals surface area contributed by atoms with Gasteiger partial charge in [-0.2, -0.15) is 0 Å². The third-order valence-electron chi connectivity index (χ3n) is 3.27. The summed E-state index contributed by atoms with van der Waals surface area (Å²) in [5.74, 6) is 0.791. The highest BCUT2D eigenvalue weighted by molar-refractivity contribution is 7.91. The molecule has 0 radical (unpaired) electrons. The van der Waals surface area contributed by atoms with Crippen molar-refractivity contribution in [2.24, 2.45) is 5.92 Å². The van der Waals surface area contributed by atoms with Gasteiger partial charge in [-0.3, -0.25) is 4.79 Å². The quantitative estimate of drug-likeness (QED) is 0.648. The van der Waals surface area contributed by atoms with E-state index in [1.165, 1.54) is 0 Å². The molecule has 0 bridgehead atoms. The second-order valence-electron chi connectivity index (χ2n) is 4.70. The number of carbonyl (C=O) groups excluding carboxylic acids is 1. The van der Waals surface area contributed by atoms with Crippen LogP contribution in [0, 0.1) is 5.92 Å². The minimum Gasteiger partial charge on any atom is -0.299 e. The standard InChI is InChI=1S/C12H22O3S/c1-2-3-4-9-16(14,15)10-8-11-6-5-7-12(11)13/h11H,2-10H2,1H3. The molecule has 16 heavy (non-hydrogen) atoms. The molecule has 0 aromatic rings. The lowest BCUT2D eigenvalue weighted by Crippen LogP contribution is -2.16. The average Bonchev–Trinajstić information content (AvgIpc) is 2.62. The van der Waals surface area contributed by atoms with Crippen molar-refractivity contribution in [3.63, 3.8) is 0 Å². The van der Waals surface area contributed by atoms with Crippen molar-refractivity contribution < 1.29 is 13.2 Å². The fourth-order valence-corrected chi connectivity index (χ4v) is 3.68. The SMILES string of the molecule is CCCCCS(=O)(=O)CCC1CCCC1=O.